The summed E-state index contributed by atoms with van der Waals surface area (Å²) >= 11 is 0. The number of fused-ring (bicyclic) bond motifs is 2. The summed E-state index contributed by atoms with van der Waals surface area (Å²) in [5.41, 5.74) is 7.45. The minimum atomic E-state index is 0.210. The minimum absolute atomic E-state index is 0.210. The Morgan fingerprint density at radius 1 is 0.944 bits per heavy atom. The van der Waals surface area contributed by atoms with Gasteiger partial charge in [-0.25, -0.2) is 0 Å². The minimum Gasteiger partial charge on any atom is -0.335 e. The Labute approximate surface area is 218 Å². The predicted octanol–water partition coefficient (Wildman–Crippen LogP) is 6.97. The normalized spacial score (nSPS) is 24.5. The molecule has 36 heavy (non-hydrogen) atoms. The van der Waals surface area contributed by atoms with E-state index in [9.17, 15) is 4.79 Å². The molecule has 1 aliphatic heterocycles. The van der Waals surface area contributed by atoms with Crippen molar-refractivity contribution in [3.63, 3.8) is 0 Å². The van der Waals surface area contributed by atoms with E-state index in [2.05, 4.69) is 85.3 Å². The van der Waals surface area contributed by atoms with Gasteiger partial charge in [0.25, 0.3) is 0 Å². The summed E-state index contributed by atoms with van der Waals surface area (Å²) in [4.78, 5) is 18.7. The number of benzene rings is 2. The standard InChI is InChI=1S/C33H44N2O/c1-24(2)32-31-15-9-13-27-12-7-8-14-29(27)30(31)20-21-35(32)33(36)28-18-16-26(17-19-28)23-34(3)22-25-10-5-4-6-11-25/h4-8,10-12,14,24,26,28,32H,9,13,15-23H2,1-3H3. The lowest BCUT2D eigenvalue weighted by Crippen LogP contribution is -2.50. The van der Waals surface area contributed by atoms with Gasteiger partial charge in [0.2, 0.25) is 5.91 Å². The molecule has 2 aromatic carbocycles. The Morgan fingerprint density at radius 2 is 1.67 bits per heavy atom. The van der Waals surface area contributed by atoms with Gasteiger partial charge in [-0.1, -0.05) is 68.4 Å². The molecule has 0 saturated heterocycles. The van der Waals surface area contributed by atoms with Crippen LogP contribution in [0.2, 0.25) is 0 Å². The number of aryl methyl sites for hydroxylation is 1. The molecule has 1 unspecified atom stereocenters. The second-order valence-corrected chi connectivity index (χ2v) is 11.9. The highest BCUT2D eigenvalue weighted by Gasteiger charge is 2.39. The van der Waals surface area contributed by atoms with Gasteiger partial charge in [0, 0.05) is 25.6 Å². The first kappa shape index (κ1) is 25.3. The number of carbonyl (C=O) groups is 1. The van der Waals surface area contributed by atoms with E-state index in [-0.39, 0.29) is 12.0 Å². The van der Waals surface area contributed by atoms with Crippen LogP contribution >= 0.6 is 0 Å². The second kappa shape index (κ2) is 11.3. The Morgan fingerprint density at radius 3 is 2.42 bits per heavy atom. The third kappa shape index (κ3) is 5.47. The van der Waals surface area contributed by atoms with Crippen molar-refractivity contribution in [2.75, 3.05) is 20.1 Å². The van der Waals surface area contributed by atoms with Gasteiger partial charge in [0.05, 0.1) is 6.04 Å². The van der Waals surface area contributed by atoms with Crippen LogP contribution in [0.1, 0.15) is 75.5 Å². The summed E-state index contributed by atoms with van der Waals surface area (Å²) in [5.74, 6) is 1.81. The van der Waals surface area contributed by atoms with Crippen molar-refractivity contribution in [1.82, 2.24) is 9.80 Å². The van der Waals surface area contributed by atoms with Crippen molar-refractivity contribution in [1.29, 1.82) is 0 Å². The second-order valence-electron chi connectivity index (χ2n) is 11.9. The number of rotatable bonds is 6. The third-order valence-corrected chi connectivity index (χ3v) is 8.89. The SMILES string of the molecule is CC(C)C1C2=C(CCN1C(=O)C1CCC(CN(C)Cc3ccccc3)CC1)c1ccccc1CCC2. The molecule has 0 spiro atoms. The Bertz CT molecular complexity index is 1060. The summed E-state index contributed by atoms with van der Waals surface area (Å²) in [6.45, 7) is 7.65. The van der Waals surface area contributed by atoms with E-state index in [1.165, 1.54) is 36.0 Å². The van der Waals surface area contributed by atoms with E-state index >= 15 is 0 Å². The van der Waals surface area contributed by atoms with Gasteiger partial charge >= 0.3 is 0 Å². The summed E-state index contributed by atoms with van der Waals surface area (Å²) in [6.07, 6.45) is 8.97. The third-order valence-electron chi connectivity index (χ3n) is 8.89. The van der Waals surface area contributed by atoms with Crippen molar-refractivity contribution in [3.8, 4) is 0 Å². The molecule has 0 aromatic heterocycles. The largest absolute Gasteiger partial charge is 0.335 e. The van der Waals surface area contributed by atoms with Crippen molar-refractivity contribution in [2.45, 2.75) is 77.8 Å². The van der Waals surface area contributed by atoms with Gasteiger partial charge < -0.3 is 9.80 Å². The lowest BCUT2D eigenvalue weighted by Gasteiger charge is -2.44. The highest BCUT2D eigenvalue weighted by molar-refractivity contribution is 5.83. The van der Waals surface area contributed by atoms with Gasteiger partial charge in [0.15, 0.2) is 0 Å². The van der Waals surface area contributed by atoms with Crippen LogP contribution in [0.25, 0.3) is 5.57 Å². The number of nitrogens with zero attached hydrogens (tertiary/aromatic N) is 2. The Kier molecular flexibility index (Phi) is 7.96. The molecule has 0 bridgehead atoms. The molecular formula is C33H44N2O. The molecule has 3 heteroatoms. The van der Waals surface area contributed by atoms with Crippen LogP contribution in [0.15, 0.2) is 60.2 Å². The van der Waals surface area contributed by atoms with E-state index in [1.807, 2.05) is 0 Å². The predicted molar refractivity (Wildman–Crippen MR) is 149 cm³/mol. The zero-order chi connectivity index (χ0) is 25.1. The average Bonchev–Trinajstić information content (AvgIpc) is 3.08. The van der Waals surface area contributed by atoms with Crippen LogP contribution in [0.5, 0.6) is 0 Å². The zero-order valence-corrected chi connectivity index (χ0v) is 22.6. The molecular weight excluding hydrogens is 440 g/mol. The Balaban J connectivity index is 1.23. The van der Waals surface area contributed by atoms with Crippen molar-refractivity contribution in [2.24, 2.45) is 17.8 Å². The molecule has 3 nitrogen and oxygen atoms in total. The summed E-state index contributed by atoms with van der Waals surface area (Å²) in [7, 11) is 2.24. The van der Waals surface area contributed by atoms with Crippen LogP contribution in [0.3, 0.4) is 0 Å². The molecule has 1 atom stereocenters. The molecule has 2 aromatic rings. The first-order valence-corrected chi connectivity index (χ1v) is 14.3. The highest BCUT2D eigenvalue weighted by atomic mass is 16.2. The molecule has 1 heterocycles. The first-order chi connectivity index (χ1) is 17.5. The van der Waals surface area contributed by atoms with Crippen molar-refractivity contribution in [3.05, 3.63) is 76.9 Å². The van der Waals surface area contributed by atoms with Gasteiger partial charge in [-0.3, -0.25) is 4.79 Å². The van der Waals surface area contributed by atoms with Gasteiger partial charge in [-0.2, -0.15) is 0 Å². The van der Waals surface area contributed by atoms with Crippen LogP contribution in [-0.2, 0) is 17.8 Å². The number of amides is 1. The first-order valence-electron chi connectivity index (χ1n) is 14.3. The van der Waals surface area contributed by atoms with Gasteiger partial charge in [-0.05, 0) is 98.1 Å². The molecule has 1 saturated carbocycles. The number of carbonyl (C=O) groups excluding carboxylic acids is 1. The van der Waals surface area contributed by atoms with E-state index in [4.69, 9.17) is 0 Å². The maximum Gasteiger partial charge on any atom is 0.226 e. The monoisotopic (exact) mass is 484 g/mol. The lowest BCUT2D eigenvalue weighted by atomic mass is 9.78. The van der Waals surface area contributed by atoms with E-state index in [1.54, 1.807) is 11.1 Å². The van der Waals surface area contributed by atoms with Crippen LogP contribution in [-0.4, -0.2) is 41.9 Å². The topological polar surface area (TPSA) is 23.6 Å². The molecule has 192 valence electrons. The maximum atomic E-state index is 13.9. The fourth-order valence-corrected chi connectivity index (χ4v) is 7.24. The average molecular weight is 485 g/mol. The lowest BCUT2D eigenvalue weighted by molar-refractivity contribution is -0.139. The van der Waals surface area contributed by atoms with Crippen molar-refractivity contribution < 1.29 is 4.79 Å². The van der Waals surface area contributed by atoms with Crippen LogP contribution < -0.4 is 0 Å². The summed E-state index contributed by atoms with van der Waals surface area (Å²) in [5, 5.41) is 0. The van der Waals surface area contributed by atoms with Crippen molar-refractivity contribution >= 4 is 11.5 Å². The molecule has 1 amide bonds. The molecule has 1 fully saturated rings. The quantitative estimate of drug-likeness (QED) is 0.442. The van der Waals surface area contributed by atoms with Crippen LogP contribution in [0.4, 0.5) is 0 Å². The van der Waals surface area contributed by atoms with Crippen LogP contribution in [0, 0.1) is 17.8 Å². The zero-order valence-electron chi connectivity index (χ0n) is 22.6. The Hall–Kier alpha value is -2.39. The molecule has 5 rings (SSSR count). The summed E-state index contributed by atoms with van der Waals surface area (Å²) < 4.78 is 0. The fourth-order valence-electron chi connectivity index (χ4n) is 7.24. The van der Waals surface area contributed by atoms with E-state index in [0.29, 0.717) is 17.7 Å². The fraction of sp³-hybridized carbons (Fsp3) is 0.545. The van der Waals surface area contributed by atoms with Gasteiger partial charge in [-0.15, -0.1) is 0 Å². The summed E-state index contributed by atoms with van der Waals surface area (Å²) in [6, 6.07) is 20.0. The molecule has 3 aliphatic rings. The van der Waals surface area contributed by atoms with Gasteiger partial charge in [0.1, 0.15) is 0 Å². The maximum absolute atomic E-state index is 13.9. The highest BCUT2D eigenvalue weighted by Crippen LogP contribution is 2.42. The smallest absolute Gasteiger partial charge is 0.226 e. The number of hydrogen-bond donors (Lipinski definition) is 0. The molecule has 2 aliphatic carbocycles. The molecule has 0 radical (unpaired) electrons. The van der Waals surface area contributed by atoms with E-state index in [0.717, 1.165) is 51.7 Å². The number of hydrogen-bond acceptors (Lipinski definition) is 2. The van der Waals surface area contributed by atoms with E-state index < -0.39 is 0 Å². The molecule has 0 N–H and O–H groups in total.